The molecule has 1 atom stereocenters. The quantitative estimate of drug-likeness (QED) is 0.602. The number of cyclic esters (lactones) is 1. The molecule has 0 radical (unpaired) electrons. The van der Waals surface area contributed by atoms with Gasteiger partial charge in [-0.1, -0.05) is 6.07 Å². The number of pyridine rings is 1. The molecule has 1 N–H and O–H groups in total. The molecule has 2 aromatic heterocycles. The Morgan fingerprint density at radius 2 is 1.94 bits per heavy atom. The van der Waals surface area contributed by atoms with Crippen molar-refractivity contribution in [3.8, 4) is 0 Å². The zero-order chi connectivity index (χ0) is 22.6. The first-order chi connectivity index (χ1) is 16.0. The van der Waals surface area contributed by atoms with Crippen LogP contribution in [-0.4, -0.2) is 64.0 Å². The molecule has 172 valence electrons. The number of aliphatic hydroxyl groups is 1. The standard InChI is InChI=1S/C24H27N5O4/c1-15-16(2-3-17-18(15)13-32-23(17)31)20(30)12-28-9-6-24(7-10-28)8-11-29(14-24)21-5-4-19-22(25-21)27-33-26-19/h2-5,20,30H,6-14H2,1H3/t20-/m0/s1. The predicted octanol–water partition coefficient (Wildman–Crippen LogP) is 2.62. The van der Waals surface area contributed by atoms with Gasteiger partial charge in [0.15, 0.2) is 5.52 Å². The highest BCUT2D eigenvalue weighted by Crippen LogP contribution is 2.42. The monoisotopic (exact) mass is 449 g/mol. The van der Waals surface area contributed by atoms with E-state index in [2.05, 4.69) is 25.1 Å². The van der Waals surface area contributed by atoms with Crippen LogP contribution in [0.25, 0.3) is 11.2 Å². The smallest absolute Gasteiger partial charge is 0.338 e. The van der Waals surface area contributed by atoms with Gasteiger partial charge in [0.05, 0.1) is 11.7 Å². The summed E-state index contributed by atoms with van der Waals surface area (Å²) in [7, 11) is 0. The van der Waals surface area contributed by atoms with E-state index in [1.807, 2.05) is 25.1 Å². The van der Waals surface area contributed by atoms with Gasteiger partial charge in [-0.25, -0.2) is 14.4 Å². The van der Waals surface area contributed by atoms with Crippen molar-refractivity contribution in [3.05, 3.63) is 46.5 Å². The largest absolute Gasteiger partial charge is 0.457 e. The van der Waals surface area contributed by atoms with E-state index in [1.165, 1.54) is 0 Å². The van der Waals surface area contributed by atoms with Gasteiger partial charge in [0.2, 0.25) is 5.65 Å². The van der Waals surface area contributed by atoms with E-state index < -0.39 is 6.10 Å². The van der Waals surface area contributed by atoms with Crippen LogP contribution in [0, 0.1) is 12.3 Å². The van der Waals surface area contributed by atoms with E-state index in [4.69, 9.17) is 9.37 Å². The number of benzene rings is 1. The molecule has 2 saturated heterocycles. The van der Waals surface area contributed by atoms with Crippen molar-refractivity contribution in [2.75, 3.05) is 37.6 Å². The number of carbonyl (C=O) groups is 1. The third kappa shape index (κ3) is 3.55. The lowest BCUT2D eigenvalue weighted by molar-refractivity contribution is 0.0534. The second-order valence-corrected chi connectivity index (χ2v) is 9.65. The Bertz CT molecular complexity index is 1220. The number of nitrogens with zero attached hydrogens (tertiary/aromatic N) is 5. The summed E-state index contributed by atoms with van der Waals surface area (Å²) in [5.41, 5.74) is 4.92. The number of rotatable bonds is 4. The SMILES string of the molecule is Cc1c([C@@H](O)CN2CCC3(CC2)CCN(c2ccc4nonc4n2)C3)ccc2c1COC2=O. The molecule has 5 heterocycles. The molecule has 9 heteroatoms. The molecular weight excluding hydrogens is 422 g/mol. The molecule has 3 aromatic rings. The van der Waals surface area contributed by atoms with E-state index in [0.29, 0.717) is 35.3 Å². The Hall–Kier alpha value is -3.04. The summed E-state index contributed by atoms with van der Waals surface area (Å²) in [5, 5.41) is 18.7. The highest BCUT2D eigenvalue weighted by Gasteiger charge is 2.41. The summed E-state index contributed by atoms with van der Waals surface area (Å²) in [6.07, 6.45) is 2.79. The number of anilines is 1. The van der Waals surface area contributed by atoms with E-state index in [-0.39, 0.29) is 5.97 Å². The second kappa shape index (κ2) is 7.78. The zero-order valence-corrected chi connectivity index (χ0v) is 18.7. The van der Waals surface area contributed by atoms with Crippen molar-refractivity contribution in [2.45, 2.75) is 38.9 Å². The number of esters is 1. The number of piperidine rings is 1. The van der Waals surface area contributed by atoms with Crippen molar-refractivity contribution in [1.82, 2.24) is 20.2 Å². The topological polar surface area (TPSA) is 105 Å². The van der Waals surface area contributed by atoms with Crippen LogP contribution in [0.2, 0.25) is 0 Å². The number of hydrogen-bond donors (Lipinski definition) is 1. The lowest BCUT2D eigenvalue weighted by Gasteiger charge is -2.40. The highest BCUT2D eigenvalue weighted by atomic mass is 16.6. The molecule has 1 spiro atoms. The van der Waals surface area contributed by atoms with Gasteiger partial charge in [0, 0.05) is 25.2 Å². The maximum Gasteiger partial charge on any atom is 0.338 e. The molecule has 0 saturated carbocycles. The van der Waals surface area contributed by atoms with Crippen LogP contribution in [0.5, 0.6) is 0 Å². The number of aromatic nitrogens is 3. The van der Waals surface area contributed by atoms with Crippen LogP contribution in [0.4, 0.5) is 5.82 Å². The Balaban J connectivity index is 1.08. The Labute approximate surface area is 191 Å². The molecule has 0 amide bonds. The minimum Gasteiger partial charge on any atom is -0.457 e. The lowest BCUT2D eigenvalue weighted by atomic mass is 9.77. The molecule has 3 aliphatic heterocycles. The fraction of sp³-hybridized carbons (Fsp3) is 0.500. The van der Waals surface area contributed by atoms with Crippen LogP contribution in [0.1, 0.15) is 52.4 Å². The van der Waals surface area contributed by atoms with Gasteiger partial charge in [-0.3, -0.25) is 0 Å². The summed E-state index contributed by atoms with van der Waals surface area (Å²) < 4.78 is 9.92. The first kappa shape index (κ1) is 20.6. The molecule has 0 bridgehead atoms. The van der Waals surface area contributed by atoms with E-state index in [1.54, 1.807) is 6.07 Å². The Morgan fingerprint density at radius 3 is 2.79 bits per heavy atom. The fourth-order valence-corrected chi connectivity index (χ4v) is 5.67. The molecule has 3 aliphatic rings. The Morgan fingerprint density at radius 1 is 1.12 bits per heavy atom. The predicted molar refractivity (Wildman–Crippen MR) is 120 cm³/mol. The van der Waals surface area contributed by atoms with Gasteiger partial charge < -0.3 is 19.6 Å². The number of aliphatic hydroxyl groups excluding tert-OH is 1. The zero-order valence-electron chi connectivity index (χ0n) is 18.7. The minimum absolute atomic E-state index is 0.270. The van der Waals surface area contributed by atoms with Crippen LogP contribution in [-0.2, 0) is 11.3 Å². The van der Waals surface area contributed by atoms with Crippen LogP contribution >= 0.6 is 0 Å². The summed E-state index contributed by atoms with van der Waals surface area (Å²) >= 11 is 0. The van der Waals surface area contributed by atoms with Crippen molar-refractivity contribution in [2.24, 2.45) is 5.41 Å². The lowest BCUT2D eigenvalue weighted by Crippen LogP contribution is -2.43. The number of carbonyl (C=O) groups excluding carboxylic acids is 1. The van der Waals surface area contributed by atoms with Crippen molar-refractivity contribution < 1.29 is 19.3 Å². The fourth-order valence-electron chi connectivity index (χ4n) is 5.67. The normalized spacial score (nSPS) is 21.0. The first-order valence-corrected chi connectivity index (χ1v) is 11.6. The van der Waals surface area contributed by atoms with Gasteiger partial charge >= 0.3 is 5.97 Å². The molecule has 6 rings (SSSR count). The van der Waals surface area contributed by atoms with Gasteiger partial charge in [-0.05, 0) is 84.3 Å². The minimum atomic E-state index is -0.577. The molecule has 0 unspecified atom stereocenters. The number of β-amino-alcohol motifs (C(OH)–C–C–N with tert-alkyl or cyclic N) is 1. The van der Waals surface area contributed by atoms with E-state index in [0.717, 1.165) is 67.9 Å². The van der Waals surface area contributed by atoms with Crippen molar-refractivity contribution in [3.63, 3.8) is 0 Å². The van der Waals surface area contributed by atoms with Gasteiger partial charge in [-0.15, -0.1) is 0 Å². The van der Waals surface area contributed by atoms with Crippen LogP contribution in [0.3, 0.4) is 0 Å². The molecule has 2 fully saturated rings. The highest BCUT2D eigenvalue weighted by molar-refractivity contribution is 5.94. The van der Waals surface area contributed by atoms with E-state index >= 15 is 0 Å². The first-order valence-electron chi connectivity index (χ1n) is 11.6. The summed E-state index contributed by atoms with van der Waals surface area (Å²) in [6, 6.07) is 7.57. The van der Waals surface area contributed by atoms with Crippen LogP contribution in [0.15, 0.2) is 28.9 Å². The summed E-state index contributed by atoms with van der Waals surface area (Å²) in [5.74, 6) is 0.663. The maximum absolute atomic E-state index is 11.8. The van der Waals surface area contributed by atoms with E-state index in [9.17, 15) is 9.90 Å². The molecule has 9 nitrogen and oxygen atoms in total. The number of ether oxygens (including phenoxy) is 1. The molecule has 1 aromatic carbocycles. The third-order valence-corrected chi connectivity index (χ3v) is 7.78. The van der Waals surface area contributed by atoms with Gasteiger partial charge in [-0.2, -0.15) is 0 Å². The average molecular weight is 450 g/mol. The van der Waals surface area contributed by atoms with Crippen LogP contribution < -0.4 is 4.90 Å². The van der Waals surface area contributed by atoms with Gasteiger partial charge in [0.1, 0.15) is 12.4 Å². The molecule has 0 aliphatic carbocycles. The Kier molecular flexibility index (Phi) is 4.84. The van der Waals surface area contributed by atoms with Gasteiger partial charge in [0.25, 0.3) is 0 Å². The second-order valence-electron chi connectivity index (χ2n) is 9.65. The molecule has 33 heavy (non-hydrogen) atoms. The average Bonchev–Trinajstić information content (AvgIpc) is 3.55. The summed E-state index contributed by atoms with van der Waals surface area (Å²) in [6.45, 7) is 6.79. The van der Waals surface area contributed by atoms with Crippen molar-refractivity contribution >= 4 is 23.0 Å². The number of fused-ring (bicyclic) bond motifs is 2. The molecular formula is C24H27N5O4. The number of hydrogen-bond acceptors (Lipinski definition) is 9. The summed E-state index contributed by atoms with van der Waals surface area (Å²) in [4.78, 5) is 21.1. The van der Waals surface area contributed by atoms with Crippen molar-refractivity contribution in [1.29, 1.82) is 0 Å². The third-order valence-electron chi connectivity index (χ3n) is 7.78. The maximum atomic E-state index is 11.8. The number of likely N-dealkylation sites (tertiary alicyclic amines) is 1.